The predicted molar refractivity (Wildman–Crippen MR) is 150 cm³/mol. The molecule has 1 fully saturated rings. The highest BCUT2D eigenvalue weighted by Gasteiger charge is 2.34. The van der Waals surface area contributed by atoms with Gasteiger partial charge >= 0.3 is 0 Å². The number of fused-ring (bicyclic) bond motifs is 1. The number of imidazole rings is 1. The third-order valence-corrected chi connectivity index (χ3v) is 7.91. The first kappa shape index (κ1) is 26.5. The number of amides is 2. The number of benzene rings is 1. The molecule has 1 aliphatic carbocycles. The van der Waals surface area contributed by atoms with E-state index in [2.05, 4.69) is 66.1 Å². The summed E-state index contributed by atoms with van der Waals surface area (Å²) in [5, 5.41) is 12.6. The van der Waals surface area contributed by atoms with Crippen LogP contribution in [0.15, 0.2) is 36.9 Å². The minimum atomic E-state index is -0.271. The molecule has 38 heavy (non-hydrogen) atoms. The minimum Gasteiger partial charge on any atom is -0.344 e. The highest BCUT2D eigenvalue weighted by atomic mass is 35.5. The topological polar surface area (TPSA) is 95.9 Å². The van der Waals surface area contributed by atoms with Crippen LogP contribution in [0, 0.1) is 0 Å². The molecule has 200 valence electrons. The molecular formula is C28H32Cl2N6O2. The van der Waals surface area contributed by atoms with Crippen molar-refractivity contribution < 1.29 is 9.59 Å². The first-order chi connectivity index (χ1) is 18.1. The Morgan fingerprint density at radius 3 is 2.55 bits per heavy atom. The van der Waals surface area contributed by atoms with Gasteiger partial charge in [0.15, 0.2) is 5.15 Å². The quantitative estimate of drug-likeness (QED) is 0.311. The molecule has 0 spiro atoms. The van der Waals surface area contributed by atoms with E-state index in [0.717, 1.165) is 40.8 Å². The van der Waals surface area contributed by atoms with Gasteiger partial charge in [-0.25, -0.2) is 4.98 Å². The van der Waals surface area contributed by atoms with E-state index in [1.807, 2.05) is 10.6 Å². The maximum atomic E-state index is 13.3. The number of likely N-dealkylation sites (tertiary alicyclic amines) is 1. The van der Waals surface area contributed by atoms with Gasteiger partial charge < -0.3 is 14.8 Å². The number of aryl methyl sites for hydroxylation is 2. The van der Waals surface area contributed by atoms with E-state index in [-0.39, 0.29) is 34.5 Å². The van der Waals surface area contributed by atoms with Gasteiger partial charge in [-0.2, -0.15) is 5.10 Å². The molecule has 2 aromatic heterocycles. The molecular weight excluding hydrogens is 523 g/mol. The summed E-state index contributed by atoms with van der Waals surface area (Å²) in [6.45, 7) is 10.8. The molecule has 0 radical (unpaired) electrons. The number of carbonyl (C=O) groups excluding carboxylic acids is 2. The molecule has 0 bridgehead atoms. The van der Waals surface area contributed by atoms with Crippen LogP contribution < -0.4 is 5.32 Å². The lowest BCUT2D eigenvalue weighted by Crippen LogP contribution is -2.60. The zero-order chi connectivity index (χ0) is 27.2. The van der Waals surface area contributed by atoms with Crippen LogP contribution in [0.4, 0.5) is 0 Å². The fraction of sp³-hybridized carbons (Fsp3) is 0.429. The Morgan fingerprint density at radius 1 is 1.18 bits per heavy atom. The van der Waals surface area contributed by atoms with E-state index in [0.29, 0.717) is 36.6 Å². The molecule has 0 saturated carbocycles. The molecule has 1 saturated heterocycles. The maximum absolute atomic E-state index is 13.3. The van der Waals surface area contributed by atoms with Crippen molar-refractivity contribution in [1.82, 2.24) is 30.0 Å². The van der Waals surface area contributed by atoms with Crippen molar-refractivity contribution in [1.29, 1.82) is 0 Å². The van der Waals surface area contributed by atoms with E-state index in [1.54, 1.807) is 4.90 Å². The smallest absolute Gasteiger partial charge is 0.271 e. The average molecular weight is 556 g/mol. The number of aromatic nitrogens is 4. The van der Waals surface area contributed by atoms with Crippen molar-refractivity contribution in [2.75, 3.05) is 13.1 Å². The van der Waals surface area contributed by atoms with Crippen molar-refractivity contribution in [3.8, 4) is 0 Å². The van der Waals surface area contributed by atoms with Gasteiger partial charge in [0.25, 0.3) is 5.91 Å². The van der Waals surface area contributed by atoms with E-state index >= 15 is 0 Å². The minimum absolute atomic E-state index is 0.0794. The molecule has 0 unspecified atom stereocenters. The van der Waals surface area contributed by atoms with Gasteiger partial charge in [-0.15, -0.1) is 0 Å². The van der Waals surface area contributed by atoms with Crippen LogP contribution in [-0.4, -0.2) is 55.6 Å². The lowest BCUT2D eigenvalue weighted by atomic mass is 9.86. The Hall–Kier alpha value is -3.10. The van der Waals surface area contributed by atoms with Crippen LogP contribution >= 0.6 is 23.2 Å². The number of nitrogens with zero attached hydrogens (tertiary/aromatic N) is 4. The van der Waals surface area contributed by atoms with Gasteiger partial charge in [0, 0.05) is 41.7 Å². The van der Waals surface area contributed by atoms with Crippen molar-refractivity contribution in [2.24, 2.45) is 0 Å². The van der Waals surface area contributed by atoms with Crippen LogP contribution in [0.5, 0.6) is 0 Å². The first-order valence-electron chi connectivity index (χ1n) is 12.9. The summed E-state index contributed by atoms with van der Waals surface area (Å²) < 4.78 is 2.00. The molecule has 3 aromatic rings. The number of hydrogen-bond acceptors (Lipinski definition) is 4. The number of rotatable bonds is 7. The summed E-state index contributed by atoms with van der Waals surface area (Å²) in [6.07, 6.45) is 8.38. The summed E-state index contributed by atoms with van der Waals surface area (Å²) in [4.78, 5) is 31.4. The number of H-pyrrole nitrogens is 1. The number of nitrogens with one attached hydrogen (secondary N) is 2. The Labute approximate surface area is 232 Å². The summed E-state index contributed by atoms with van der Waals surface area (Å²) in [6, 6.07) is 3.98. The summed E-state index contributed by atoms with van der Waals surface area (Å²) in [7, 11) is 0. The SMILES string of the molecule is C=CC(=O)N1CC(NC(=O)c2c(Cl)nc(CCc3[nH]nc4cc(Cl)c(C(C)(C)C)cc34)n2C2CC=CC2)C1. The number of aromatic amines is 1. The number of halogens is 2. The Kier molecular flexibility index (Phi) is 7.13. The average Bonchev–Trinajstić information content (AvgIpc) is 3.56. The molecule has 3 heterocycles. The van der Waals surface area contributed by atoms with Gasteiger partial charge in [-0.3, -0.25) is 14.7 Å². The van der Waals surface area contributed by atoms with Gasteiger partial charge in [0.1, 0.15) is 11.5 Å². The highest BCUT2D eigenvalue weighted by Crippen LogP contribution is 2.35. The number of allylic oxidation sites excluding steroid dienone is 2. The Morgan fingerprint density at radius 2 is 1.89 bits per heavy atom. The largest absolute Gasteiger partial charge is 0.344 e. The van der Waals surface area contributed by atoms with Crippen LogP contribution in [0.3, 0.4) is 0 Å². The van der Waals surface area contributed by atoms with E-state index in [4.69, 9.17) is 23.2 Å². The molecule has 0 atom stereocenters. The third-order valence-electron chi connectivity index (χ3n) is 7.34. The van der Waals surface area contributed by atoms with Crippen LogP contribution in [0.2, 0.25) is 10.2 Å². The lowest BCUT2D eigenvalue weighted by molar-refractivity contribution is -0.130. The standard InChI is InChI=1S/C28H32Cl2N6O2/c1-5-24(37)35-14-16(15-35)31-27(38)25-26(30)32-23(36(25)17-8-6-7-9-17)11-10-21-18-12-19(28(2,3)4)20(29)13-22(18)34-33-21/h5-7,12-13,16-17H,1,8-11,14-15H2,2-4H3,(H,31,38)(H,33,34). The summed E-state index contributed by atoms with van der Waals surface area (Å²) in [5.41, 5.74) is 3.16. The summed E-state index contributed by atoms with van der Waals surface area (Å²) >= 11 is 13.1. The van der Waals surface area contributed by atoms with Gasteiger partial charge in [-0.1, -0.05) is 62.7 Å². The summed E-state index contributed by atoms with van der Waals surface area (Å²) in [5.74, 6) is 0.354. The van der Waals surface area contributed by atoms with Gasteiger partial charge in [-0.05, 0) is 48.4 Å². The third kappa shape index (κ3) is 4.99. The second kappa shape index (κ2) is 10.2. The Bertz CT molecular complexity index is 1430. The fourth-order valence-electron chi connectivity index (χ4n) is 5.25. The zero-order valence-corrected chi connectivity index (χ0v) is 23.4. The second-order valence-corrected chi connectivity index (χ2v) is 11.8. The van der Waals surface area contributed by atoms with E-state index in [9.17, 15) is 9.59 Å². The van der Waals surface area contributed by atoms with E-state index < -0.39 is 0 Å². The molecule has 1 aliphatic heterocycles. The Balaban J connectivity index is 1.39. The van der Waals surface area contributed by atoms with Crippen LogP contribution in [0.25, 0.3) is 10.9 Å². The second-order valence-electron chi connectivity index (χ2n) is 11.1. The molecule has 5 rings (SSSR count). The van der Waals surface area contributed by atoms with Crippen molar-refractivity contribution in [3.63, 3.8) is 0 Å². The molecule has 2 aliphatic rings. The van der Waals surface area contributed by atoms with Crippen LogP contribution in [0.1, 0.15) is 67.2 Å². The predicted octanol–water partition coefficient (Wildman–Crippen LogP) is 5.17. The number of carbonyl (C=O) groups is 2. The van der Waals surface area contributed by atoms with Gasteiger partial charge in [0.2, 0.25) is 5.91 Å². The van der Waals surface area contributed by atoms with Crippen molar-refractivity contribution in [2.45, 2.75) is 64.0 Å². The molecule has 2 N–H and O–H groups in total. The first-order valence-corrected chi connectivity index (χ1v) is 13.6. The maximum Gasteiger partial charge on any atom is 0.271 e. The molecule has 2 amide bonds. The van der Waals surface area contributed by atoms with Crippen molar-refractivity contribution >= 4 is 45.9 Å². The van der Waals surface area contributed by atoms with E-state index in [1.165, 1.54) is 6.08 Å². The normalized spacial score (nSPS) is 16.3. The fourth-order valence-corrected chi connectivity index (χ4v) is 5.97. The molecule has 1 aromatic carbocycles. The van der Waals surface area contributed by atoms with Gasteiger partial charge in [0.05, 0.1) is 11.6 Å². The lowest BCUT2D eigenvalue weighted by Gasteiger charge is -2.39. The van der Waals surface area contributed by atoms with Crippen LogP contribution in [-0.2, 0) is 23.1 Å². The number of hydrogen-bond donors (Lipinski definition) is 2. The zero-order valence-electron chi connectivity index (χ0n) is 21.9. The molecule has 8 nitrogen and oxygen atoms in total. The highest BCUT2D eigenvalue weighted by molar-refractivity contribution is 6.32. The monoisotopic (exact) mass is 554 g/mol. The molecule has 10 heteroatoms. The van der Waals surface area contributed by atoms with Crippen molar-refractivity contribution in [3.05, 3.63) is 69.9 Å².